The van der Waals surface area contributed by atoms with Crippen molar-refractivity contribution in [2.24, 2.45) is 5.92 Å². The molecule has 0 unspecified atom stereocenters. The summed E-state index contributed by atoms with van der Waals surface area (Å²) in [5.74, 6) is 1.42. The van der Waals surface area contributed by atoms with Crippen molar-refractivity contribution in [3.8, 4) is 0 Å². The molecule has 0 bridgehead atoms. The van der Waals surface area contributed by atoms with Gasteiger partial charge in [0.05, 0.1) is 11.9 Å². The second-order valence-corrected chi connectivity index (χ2v) is 8.27. The van der Waals surface area contributed by atoms with Gasteiger partial charge in [0.1, 0.15) is 5.82 Å². The molecule has 2 amide bonds. The van der Waals surface area contributed by atoms with Gasteiger partial charge in [-0.05, 0) is 60.7 Å². The van der Waals surface area contributed by atoms with Crippen molar-refractivity contribution in [3.05, 3.63) is 89.6 Å². The van der Waals surface area contributed by atoms with Crippen LogP contribution in [0.15, 0.2) is 72.9 Å². The van der Waals surface area contributed by atoms with Crippen LogP contribution in [0.1, 0.15) is 46.0 Å². The van der Waals surface area contributed by atoms with Crippen LogP contribution in [0.3, 0.4) is 0 Å². The fourth-order valence-corrected chi connectivity index (χ4v) is 3.74. The van der Waals surface area contributed by atoms with Crippen LogP contribution in [0.25, 0.3) is 0 Å². The van der Waals surface area contributed by atoms with Crippen LogP contribution < -0.4 is 15.5 Å². The fourth-order valence-electron chi connectivity index (χ4n) is 3.74. The first kappa shape index (κ1) is 21.6. The number of nitrogens with zero attached hydrogens (tertiary/aromatic N) is 2. The Bertz CT molecular complexity index is 1040. The number of carbonyl (C=O) groups is 2. The zero-order valence-electron chi connectivity index (χ0n) is 18.3. The molecule has 3 aromatic rings. The summed E-state index contributed by atoms with van der Waals surface area (Å²) in [4.78, 5) is 31.5. The first-order valence-electron chi connectivity index (χ1n) is 11.0. The number of aromatic nitrogens is 1. The summed E-state index contributed by atoms with van der Waals surface area (Å²) in [6.45, 7) is 4.74. The van der Waals surface area contributed by atoms with E-state index in [0.717, 1.165) is 30.4 Å². The maximum Gasteiger partial charge on any atom is 0.255 e. The molecule has 2 N–H and O–H groups in total. The average molecular weight is 429 g/mol. The summed E-state index contributed by atoms with van der Waals surface area (Å²) < 4.78 is 0. The molecule has 0 spiro atoms. The Morgan fingerprint density at radius 2 is 1.59 bits per heavy atom. The predicted octanol–water partition coefficient (Wildman–Crippen LogP) is 4.50. The van der Waals surface area contributed by atoms with Crippen molar-refractivity contribution in [2.45, 2.75) is 26.3 Å². The Kier molecular flexibility index (Phi) is 6.80. The van der Waals surface area contributed by atoms with Crippen LogP contribution in [-0.4, -0.2) is 29.9 Å². The SMILES string of the molecule is CC1CCN(c2ccc(NC(=O)c3ccc(CNC(=O)c4ccccc4)cc3)cn2)CC1. The van der Waals surface area contributed by atoms with Gasteiger partial charge in [0.15, 0.2) is 0 Å². The van der Waals surface area contributed by atoms with Crippen molar-refractivity contribution in [3.63, 3.8) is 0 Å². The summed E-state index contributed by atoms with van der Waals surface area (Å²) in [5.41, 5.74) is 2.77. The highest BCUT2D eigenvalue weighted by molar-refractivity contribution is 6.04. The molecule has 0 radical (unpaired) electrons. The van der Waals surface area contributed by atoms with E-state index in [1.807, 2.05) is 42.5 Å². The molecule has 1 aliphatic heterocycles. The predicted molar refractivity (Wildman–Crippen MR) is 127 cm³/mol. The molecule has 1 aromatic heterocycles. The average Bonchev–Trinajstić information content (AvgIpc) is 2.84. The topological polar surface area (TPSA) is 74.3 Å². The number of hydrogen-bond acceptors (Lipinski definition) is 4. The third-order valence-electron chi connectivity index (χ3n) is 5.82. The van der Waals surface area contributed by atoms with E-state index >= 15 is 0 Å². The summed E-state index contributed by atoms with van der Waals surface area (Å²) in [7, 11) is 0. The number of nitrogens with one attached hydrogen (secondary N) is 2. The lowest BCUT2D eigenvalue weighted by Crippen LogP contribution is -2.33. The molecule has 0 atom stereocenters. The number of anilines is 2. The minimum atomic E-state index is -0.189. The summed E-state index contributed by atoms with van der Waals surface area (Å²) in [5, 5.41) is 5.78. The third kappa shape index (κ3) is 5.52. The third-order valence-corrected chi connectivity index (χ3v) is 5.82. The van der Waals surface area contributed by atoms with Gasteiger partial charge in [0.2, 0.25) is 0 Å². The van der Waals surface area contributed by atoms with Crippen molar-refractivity contribution in [1.29, 1.82) is 0 Å². The van der Waals surface area contributed by atoms with Gasteiger partial charge in [-0.1, -0.05) is 37.3 Å². The highest BCUT2D eigenvalue weighted by atomic mass is 16.2. The Morgan fingerprint density at radius 1 is 0.906 bits per heavy atom. The van der Waals surface area contributed by atoms with Crippen LogP contribution in [-0.2, 0) is 6.54 Å². The zero-order chi connectivity index (χ0) is 22.3. The van der Waals surface area contributed by atoms with Gasteiger partial charge >= 0.3 is 0 Å². The van der Waals surface area contributed by atoms with Crippen molar-refractivity contribution in [2.75, 3.05) is 23.3 Å². The number of benzene rings is 2. The van der Waals surface area contributed by atoms with Gasteiger partial charge in [-0.25, -0.2) is 4.98 Å². The van der Waals surface area contributed by atoms with Crippen LogP contribution in [0.2, 0.25) is 0 Å². The summed E-state index contributed by atoms with van der Waals surface area (Å²) >= 11 is 0. The zero-order valence-corrected chi connectivity index (χ0v) is 18.3. The number of piperidine rings is 1. The van der Waals surface area contributed by atoms with Crippen molar-refractivity contribution < 1.29 is 9.59 Å². The van der Waals surface area contributed by atoms with Gasteiger partial charge in [-0.3, -0.25) is 9.59 Å². The smallest absolute Gasteiger partial charge is 0.255 e. The lowest BCUT2D eigenvalue weighted by Gasteiger charge is -2.31. The molecule has 1 fully saturated rings. The molecule has 6 heteroatoms. The van der Waals surface area contributed by atoms with Crippen LogP contribution in [0, 0.1) is 5.92 Å². The highest BCUT2D eigenvalue weighted by Gasteiger charge is 2.17. The molecular formula is C26H28N4O2. The molecule has 32 heavy (non-hydrogen) atoms. The van der Waals surface area contributed by atoms with E-state index in [2.05, 4.69) is 27.4 Å². The van der Waals surface area contributed by atoms with E-state index in [4.69, 9.17) is 0 Å². The lowest BCUT2D eigenvalue weighted by atomic mass is 9.99. The Morgan fingerprint density at radius 3 is 2.25 bits per heavy atom. The fraction of sp³-hybridized carbons (Fsp3) is 0.269. The summed E-state index contributed by atoms with van der Waals surface area (Å²) in [6.07, 6.45) is 4.08. The maximum atomic E-state index is 12.6. The lowest BCUT2D eigenvalue weighted by molar-refractivity contribution is 0.0949. The quantitative estimate of drug-likeness (QED) is 0.606. The van der Waals surface area contributed by atoms with E-state index in [1.54, 1.807) is 30.5 Å². The number of amides is 2. The Labute approximate surface area is 188 Å². The van der Waals surface area contributed by atoms with Crippen LogP contribution >= 0.6 is 0 Å². The molecule has 4 rings (SSSR count). The van der Waals surface area contributed by atoms with Crippen molar-refractivity contribution in [1.82, 2.24) is 10.3 Å². The number of carbonyl (C=O) groups excluding carboxylic acids is 2. The van der Waals surface area contributed by atoms with E-state index in [9.17, 15) is 9.59 Å². The Hall–Kier alpha value is -3.67. The number of rotatable bonds is 6. The largest absolute Gasteiger partial charge is 0.357 e. The highest BCUT2D eigenvalue weighted by Crippen LogP contribution is 2.22. The van der Waals surface area contributed by atoms with Gasteiger partial charge in [-0.2, -0.15) is 0 Å². The van der Waals surface area contributed by atoms with E-state index < -0.39 is 0 Å². The minimum Gasteiger partial charge on any atom is -0.357 e. The van der Waals surface area contributed by atoms with Gasteiger partial charge in [-0.15, -0.1) is 0 Å². The molecule has 1 saturated heterocycles. The Balaban J connectivity index is 1.29. The number of hydrogen-bond donors (Lipinski definition) is 2. The second-order valence-electron chi connectivity index (χ2n) is 8.27. The standard InChI is InChI=1S/C26H28N4O2/c1-19-13-15-30(16-14-19)24-12-11-23(18-27-24)29-26(32)22-9-7-20(8-10-22)17-28-25(31)21-5-3-2-4-6-21/h2-12,18-19H,13-17H2,1H3,(H,28,31)(H,29,32). The molecular weight excluding hydrogens is 400 g/mol. The molecule has 2 heterocycles. The second kappa shape index (κ2) is 10.1. The molecule has 2 aromatic carbocycles. The van der Waals surface area contributed by atoms with E-state index in [0.29, 0.717) is 23.4 Å². The summed E-state index contributed by atoms with van der Waals surface area (Å²) in [6, 6.07) is 20.2. The monoisotopic (exact) mass is 428 g/mol. The molecule has 0 saturated carbocycles. The molecule has 164 valence electrons. The molecule has 1 aliphatic rings. The first-order valence-corrected chi connectivity index (χ1v) is 11.0. The van der Waals surface area contributed by atoms with E-state index in [1.165, 1.54) is 12.8 Å². The number of pyridine rings is 1. The first-order chi connectivity index (χ1) is 15.6. The van der Waals surface area contributed by atoms with Crippen LogP contribution in [0.5, 0.6) is 0 Å². The maximum absolute atomic E-state index is 12.6. The van der Waals surface area contributed by atoms with Gasteiger partial charge < -0.3 is 15.5 Å². The molecule has 6 nitrogen and oxygen atoms in total. The molecule has 0 aliphatic carbocycles. The van der Waals surface area contributed by atoms with Crippen LogP contribution in [0.4, 0.5) is 11.5 Å². The van der Waals surface area contributed by atoms with Gasteiger partial charge in [0, 0.05) is 30.8 Å². The minimum absolute atomic E-state index is 0.123. The van der Waals surface area contributed by atoms with E-state index in [-0.39, 0.29) is 11.8 Å². The normalized spacial score (nSPS) is 14.1. The van der Waals surface area contributed by atoms with Gasteiger partial charge in [0.25, 0.3) is 11.8 Å². The van der Waals surface area contributed by atoms with Crippen molar-refractivity contribution >= 4 is 23.3 Å².